The van der Waals surface area contributed by atoms with E-state index in [1.165, 1.54) is 12.1 Å². The highest BCUT2D eigenvalue weighted by molar-refractivity contribution is 5.96. The van der Waals surface area contributed by atoms with Gasteiger partial charge in [-0.1, -0.05) is 24.3 Å². The van der Waals surface area contributed by atoms with Crippen molar-refractivity contribution in [3.63, 3.8) is 0 Å². The highest BCUT2D eigenvalue weighted by Crippen LogP contribution is 2.26. The molecule has 2 aliphatic rings. The third kappa shape index (κ3) is 3.14. The van der Waals surface area contributed by atoms with Crippen LogP contribution in [0.5, 0.6) is 5.75 Å². The molecule has 6 nitrogen and oxygen atoms in total. The van der Waals surface area contributed by atoms with E-state index in [4.69, 9.17) is 4.74 Å². The van der Waals surface area contributed by atoms with Crippen LogP contribution in [-0.2, 0) is 30.9 Å². The Kier molecular flexibility index (Phi) is 4.53. The van der Waals surface area contributed by atoms with Crippen LogP contribution in [-0.4, -0.2) is 33.6 Å². The van der Waals surface area contributed by atoms with Crippen LogP contribution in [0.4, 0.5) is 4.39 Å². The molecule has 0 spiro atoms. The number of aromatic nitrogens is 1. The van der Waals surface area contributed by atoms with Crippen LogP contribution >= 0.6 is 0 Å². The van der Waals surface area contributed by atoms with E-state index in [1.54, 1.807) is 21.6 Å². The van der Waals surface area contributed by atoms with Crippen molar-refractivity contribution in [3.8, 4) is 5.75 Å². The number of aromatic hydroxyl groups is 1. The Labute approximate surface area is 155 Å². The number of amides is 1. The summed E-state index contributed by atoms with van der Waals surface area (Å²) in [4.78, 5) is 27.2. The van der Waals surface area contributed by atoms with Crippen LogP contribution in [0.2, 0.25) is 0 Å². The lowest BCUT2D eigenvalue weighted by atomic mass is 10.0. The molecule has 27 heavy (non-hydrogen) atoms. The lowest BCUT2D eigenvalue weighted by Crippen LogP contribution is -2.43. The van der Waals surface area contributed by atoms with Gasteiger partial charge in [0, 0.05) is 25.2 Å². The van der Waals surface area contributed by atoms with E-state index in [0.717, 1.165) is 5.56 Å². The molecule has 4 rings (SSSR count). The van der Waals surface area contributed by atoms with Gasteiger partial charge in [-0.15, -0.1) is 0 Å². The predicted octanol–water partition coefficient (Wildman–Crippen LogP) is 1.98. The van der Waals surface area contributed by atoms with Gasteiger partial charge in [-0.25, -0.2) is 4.39 Å². The van der Waals surface area contributed by atoms with Crippen molar-refractivity contribution < 1.29 is 19.0 Å². The molecule has 3 heterocycles. The first kappa shape index (κ1) is 17.5. The van der Waals surface area contributed by atoms with Crippen molar-refractivity contribution >= 4 is 5.91 Å². The highest BCUT2D eigenvalue weighted by atomic mass is 19.1. The summed E-state index contributed by atoms with van der Waals surface area (Å²) < 4.78 is 20.3. The van der Waals surface area contributed by atoms with Crippen molar-refractivity contribution in [1.29, 1.82) is 0 Å². The molecular formula is C20H19FN2O4. The molecule has 1 aromatic carbocycles. The molecule has 2 aromatic rings. The number of allylic oxidation sites excluding steroid dienone is 1. The van der Waals surface area contributed by atoms with Crippen LogP contribution in [0.3, 0.4) is 0 Å². The van der Waals surface area contributed by atoms with Crippen LogP contribution in [0.25, 0.3) is 0 Å². The fourth-order valence-corrected chi connectivity index (χ4v) is 3.57. The molecule has 1 amide bonds. The number of halogens is 1. The predicted molar refractivity (Wildman–Crippen MR) is 96.0 cm³/mol. The van der Waals surface area contributed by atoms with Crippen LogP contribution in [0.1, 0.15) is 27.3 Å². The Morgan fingerprint density at radius 2 is 1.89 bits per heavy atom. The summed E-state index contributed by atoms with van der Waals surface area (Å²) in [5.41, 5.74) is 1.36. The number of benzene rings is 1. The first-order valence-corrected chi connectivity index (χ1v) is 8.80. The van der Waals surface area contributed by atoms with E-state index in [0.29, 0.717) is 37.4 Å². The Hall–Kier alpha value is -2.93. The standard InChI is InChI=1S/C20H19FN2O4/c21-14-6-4-13(5-7-14)11-22-8-9-23-16-12-27-10-2-1-3-15(16)18(24)19(25)17(23)20(22)26/h1-2,4-7,25H,3,8-12H2/b2-1-. The van der Waals surface area contributed by atoms with Crippen molar-refractivity contribution in [2.45, 2.75) is 26.1 Å². The van der Waals surface area contributed by atoms with Gasteiger partial charge >= 0.3 is 0 Å². The van der Waals surface area contributed by atoms with Gasteiger partial charge in [-0.3, -0.25) is 9.59 Å². The number of fused-ring (bicyclic) bond motifs is 3. The third-order valence-electron chi connectivity index (χ3n) is 4.97. The highest BCUT2D eigenvalue weighted by Gasteiger charge is 2.32. The van der Waals surface area contributed by atoms with Crippen molar-refractivity contribution in [2.75, 3.05) is 13.2 Å². The second kappa shape index (κ2) is 7.00. The number of pyridine rings is 1. The first-order chi connectivity index (χ1) is 13.1. The van der Waals surface area contributed by atoms with Gasteiger partial charge in [0.1, 0.15) is 5.82 Å². The Bertz CT molecular complexity index is 979. The van der Waals surface area contributed by atoms with Crippen molar-refractivity contribution in [1.82, 2.24) is 9.47 Å². The molecule has 0 saturated carbocycles. The molecule has 1 aromatic heterocycles. The summed E-state index contributed by atoms with van der Waals surface area (Å²) in [6, 6.07) is 5.91. The minimum Gasteiger partial charge on any atom is -0.503 e. The number of ether oxygens (including phenoxy) is 1. The number of rotatable bonds is 2. The molecular weight excluding hydrogens is 351 g/mol. The Balaban J connectivity index is 1.73. The number of nitrogens with zero attached hydrogens (tertiary/aromatic N) is 2. The maximum Gasteiger partial charge on any atom is 0.274 e. The SMILES string of the molecule is O=C1c2c(O)c(=O)c3c(n2CCN1Cc1ccc(F)cc1)COC/C=C\C3. The van der Waals surface area contributed by atoms with Crippen LogP contribution < -0.4 is 5.43 Å². The van der Waals surface area contributed by atoms with E-state index in [9.17, 15) is 19.1 Å². The molecule has 2 aliphatic heterocycles. The van der Waals surface area contributed by atoms with Gasteiger partial charge in [0.25, 0.3) is 5.91 Å². The lowest BCUT2D eigenvalue weighted by molar-refractivity contribution is 0.0672. The number of carbonyl (C=O) groups excluding carboxylic acids is 1. The number of carbonyl (C=O) groups is 1. The zero-order valence-electron chi connectivity index (χ0n) is 14.7. The minimum atomic E-state index is -0.525. The van der Waals surface area contributed by atoms with E-state index in [2.05, 4.69) is 0 Å². The van der Waals surface area contributed by atoms with Gasteiger partial charge in [0.15, 0.2) is 11.4 Å². The van der Waals surface area contributed by atoms with Gasteiger partial charge in [0.05, 0.1) is 18.9 Å². The van der Waals surface area contributed by atoms with Crippen molar-refractivity contribution in [2.24, 2.45) is 0 Å². The fourth-order valence-electron chi connectivity index (χ4n) is 3.57. The zero-order valence-corrected chi connectivity index (χ0v) is 14.7. The molecule has 0 aliphatic carbocycles. The lowest BCUT2D eigenvalue weighted by Gasteiger charge is -2.33. The van der Waals surface area contributed by atoms with Gasteiger partial charge in [0.2, 0.25) is 5.43 Å². The van der Waals surface area contributed by atoms with Gasteiger partial charge in [-0.2, -0.15) is 0 Å². The summed E-state index contributed by atoms with van der Waals surface area (Å²) in [7, 11) is 0. The molecule has 0 fully saturated rings. The first-order valence-electron chi connectivity index (χ1n) is 8.80. The molecule has 0 atom stereocenters. The number of hydrogen-bond acceptors (Lipinski definition) is 4. The maximum absolute atomic E-state index is 13.1. The topological polar surface area (TPSA) is 71.8 Å². The third-order valence-corrected chi connectivity index (χ3v) is 4.97. The summed E-state index contributed by atoms with van der Waals surface area (Å²) >= 11 is 0. The normalized spacial score (nSPS) is 17.7. The quantitative estimate of drug-likeness (QED) is 0.821. The Morgan fingerprint density at radius 3 is 2.67 bits per heavy atom. The molecule has 0 unspecified atom stereocenters. The minimum absolute atomic E-state index is 0.000245. The molecule has 0 saturated heterocycles. The second-order valence-electron chi connectivity index (χ2n) is 6.65. The molecule has 140 valence electrons. The monoisotopic (exact) mass is 370 g/mol. The summed E-state index contributed by atoms with van der Waals surface area (Å²) in [5, 5.41) is 10.5. The smallest absolute Gasteiger partial charge is 0.274 e. The van der Waals surface area contributed by atoms with Crippen LogP contribution in [0.15, 0.2) is 41.2 Å². The fraction of sp³-hybridized carbons (Fsp3) is 0.300. The molecule has 0 bridgehead atoms. The average molecular weight is 370 g/mol. The van der Waals surface area contributed by atoms with E-state index < -0.39 is 17.1 Å². The largest absolute Gasteiger partial charge is 0.503 e. The molecule has 7 heteroatoms. The second-order valence-corrected chi connectivity index (χ2v) is 6.65. The zero-order chi connectivity index (χ0) is 19.0. The maximum atomic E-state index is 13.1. The van der Waals surface area contributed by atoms with E-state index >= 15 is 0 Å². The molecule has 0 radical (unpaired) electrons. The Morgan fingerprint density at radius 1 is 1.11 bits per heavy atom. The van der Waals surface area contributed by atoms with Gasteiger partial charge in [-0.05, 0) is 24.1 Å². The summed E-state index contributed by atoms with van der Waals surface area (Å²) in [5.74, 6) is -1.27. The van der Waals surface area contributed by atoms with E-state index in [-0.39, 0.29) is 24.7 Å². The molecule has 1 N–H and O–H groups in total. The summed E-state index contributed by atoms with van der Waals surface area (Å²) in [6.45, 7) is 1.81. The van der Waals surface area contributed by atoms with Crippen LogP contribution in [0, 0.1) is 5.82 Å². The number of hydrogen-bond donors (Lipinski definition) is 1. The van der Waals surface area contributed by atoms with Gasteiger partial charge < -0.3 is 19.3 Å². The van der Waals surface area contributed by atoms with Crippen molar-refractivity contribution in [3.05, 3.63) is 75.0 Å². The van der Waals surface area contributed by atoms with E-state index in [1.807, 2.05) is 12.2 Å². The summed E-state index contributed by atoms with van der Waals surface area (Å²) in [6.07, 6.45) is 4.06. The average Bonchev–Trinajstić information content (AvgIpc) is 2.63.